The summed E-state index contributed by atoms with van der Waals surface area (Å²) in [5, 5.41) is 7.93. The normalized spacial score (nSPS) is 12.1. The molecular weight excluding hydrogens is 236 g/mol. The van der Waals surface area contributed by atoms with Gasteiger partial charge in [-0.3, -0.25) is 14.4 Å². The van der Waals surface area contributed by atoms with Crippen molar-refractivity contribution in [3.05, 3.63) is 0 Å². The minimum Gasteiger partial charge on any atom is -0.480 e. The Morgan fingerprint density at radius 1 is 1.20 bits per heavy atom. The molecule has 0 saturated carbocycles. The zero-order valence-corrected chi connectivity index (χ0v) is 10.3. The SMILES string of the molecule is CC(=O)SCCC[C@H](SC(C)=O)C(=O)O. The molecule has 0 aromatic carbocycles. The Bertz CT molecular complexity index is 252. The van der Waals surface area contributed by atoms with Gasteiger partial charge in [-0.25, -0.2) is 0 Å². The summed E-state index contributed by atoms with van der Waals surface area (Å²) in [7, 11) is 0. The standard InChI is InChI=1S/C9H14O4S2/c1-6(10)14-5-3-4-8(9(12)13)15-7(2)11/h8H,3-5H2,1-2H3,(H,12,13)/t8-/m0/s1. The molecular formula is C9H14O4S2. The Hall–Kier alpha value is -0.490. The van der Waals surface area contributed by atoms with Gasteiger partial charge in [0.05, 0.1) is 0 Å². The first kappa shape index (κ1) is 14.5. The first-order valence-corrected chi connectivity index (χ1v) is 6.33. The summed E-state index contributed by atoms with van der Waals surface area (Å²) >= 11 is 2.01. The zero-order chi connectivity index (χ0) is 11.8. The van der Waals surface area contributed by atoms with E-state index < -0.39 is 11.2 Å². The number of hydrogen-bond acceptors (Lipinski definition) is 5. The van der Waals surface area contributed by atoms with Gasteiger partial charge in [-0.05, 0) is 12.8 Å². The predicted octanol–water partition coefficient (Wildman–Crippen LogP) is 1.78. The van der Waals surface area contributed by atoms with Crippen LogP contribution in [0.25, 0.3) is 0 Å². The Balaban J connectivity index is 3.81. The summed E-state index contributed by atoms with van der Waals surface area (Å²) < 4.78 is 0. The van der Waals surface area contributed by atoms with Crippen molar-refractivity contribution in [1.29, 1.82) is 0 Å². The minimum atomic E-state index is -0.969. The van der Waals surface area contributed by atoms with Crippen LogP contribution in [0.5, 0.6) is 0 Å². The molecule has 0 aliphatic carbocycles. The summed E-state index contributed by atoms with van der Waals surface area (Å²) in [6, 6.07) is 0. The van der Waals surface area contributed by atoms with Gasteiger partial charge in [-0.2, -0.15) is 0 Å². The number of carboxylic acid groups (broad SMARTS) is 1. The maximum absolute atomic E-state index is 10.7. The highest BCUT2D eigenvalue weighted by molar-refractivity contribution is 8.14. The Kier molecular flexibility index (Phi) is 7.50. The van der Waals surface area contributed by atoms with E-state index in [4.69, 9.17) is 5.11 Å². The lowest BCUT2D eigenvalue weighted by atomic mass is 10.2. The Morgan fingerprint density at radius 2 is 1.80 bits per heavy atom. The fourth-order valence-electron chi connectivity index (χ4n) is 0.918. The van der Waals surface area contributed by atoms with Crippen molar-refractivity contribution in [2.45, 2.75) is 31.9 Å². The average Bonchev–Trinajstić information content (AvgIpc) is 2.08. The van der Waals surface area contributed by atoms with Gasteiger partial charge in [0.25, 0.3) is 0 Å². The largest absolute Gasteiger partial charge is 0.480 e. The summed E-state index contributed by atoms with van der Waals surface area (Å²) in [4.78, 5) is 32.0. The van der Waals surface area contributed by atoms with Crippen LogP contribution in [-0.4, -0.2) is 32.3 Å². The number of carbonyl (C=O) groups is 3. The van der Waals surface area contributed by atoms with E-state index in [0.717, 1.165) is 11.8 Å². The van der Waals surface area contributed by atoms with E-state index in [1.165, 1.54) is 25.6 Å². The smallest absolute Gasteiger partial charge is 0.317 e. The third-order valence-electron chi connectivity index (χ3n) is 1.50. The van der Waals surface area contributed by atoms with Crippen LogP contribution in [0.15, 0.2) is 0 Å². The van der Waals surface area contributed by atoms with E-state index in [9.17, 15) is 14.4 Å². The van der Waals surface area contributed by atoms with Crippen molar-refractivity contribution in [1.82, 2.24) is 0 Å². The molecule has 0 aliphatic heterocycles. The second-order valence-electron chi connectivity index (χ2n) is 2.92. The van der Waals surface area contributed by atoms with E-state index in [0.29, 0.717) is 18.6 Å². The zero-order valence-electron chi connectivity index (χ0n) is 8.69. The van der Waals surface area contributed by atoms with E-state index in [2.05, 4.69) is 0 Å². The average molecular weight is 250 g/mol. The summed E-state index contributed by atoms with van der Waals surface area (Å²) in [5.41, 5.74) is 0. The molecule has 6 heteroatoms. The number of carbonyl (C=O) groups excluding carboxylic acids is 2. The van der Waals surface area contributed by atoms with Crippen LogP contribution in [-0.2, 0) is 14.4 Å². The molecule has 0 fully saturated rings. The number of thioether (sulfide) groups is 2. The monoisotopic (exact) mass is 250 g/mol. The molecule has 0 aromatic rings. The highest BCUT2D eigenvalue weighted by Crippen LogP contribution is 2.19. The van der Waals surface area contributed by atoms with Crippen LogP contribution in [0.1, 0.15) is 26.7 Å². The number of rotatable bonds is 6. The summed E-state index contributed by atoms with van der Waals surface area (Å²) in [6.07, 6.45) is 1.04. The summed E-state index contributed by atoms with van der Waals surface area (Å²) in [5.74, 6) is -0.361. The number of carboxylic acids is 1. The molecule has 0 aliphatic rings. The second kappa shape index (κ2) is 7.76. The lowest BCUT2D eigenvalue weighted by Crippen LogP contribution is -2.18. The van der Waals surface area contributed by atoms with Crippen LogP contribution in [0.4, 0.5) is 0 Å². The molecule has 0 radical (unpaired) electrons. The highest BCUT2D eigenvalue weighted by Gasteiger charge is 2.19. The lowest BCUT2D eigenvalue weighted by molar-refractivity contribution is -0.136. The maximum atomic E-state index is 10.7. The van der Waals surface area contributed by atoms with Crippen LogP contribution < -0.4 is 0 Å². The molecule has 0 unspecified atom stereocenters. The minimum absolute atomic E-state index is 0.0288. The molecule has 4 nitrogen and oxygen atoms in total. The Labute approximate surface area is 97.2 Å². The number of aliphatic carboxylic acids is 1. The molecule has 86 valence electrons. The van der Waals surface area contributed by atoms with Crippen molar-refractivity contribution in [2.75, 3.05) is 5.75 Å². The maximum Gasteiger partial charge on any atom is 0.317 e. The van der Waals surface area contributed by atoms with Crippen LogP contribution >= 0.6 is 23.5 Å². The quantitative estimate of drug-likeness (QED) is 0.724. The van der Waals surface area contributed by atoms with Gasteiger partial charge in [-0.1, -0.05) is 23.5 Å². The van der Waals surface area contributed by atoms with E-state index >= 15 is 0 Å². The van der Waals surface area contributed by atoms with Crippen molar-refractivity contribution < 1.29 is 19.5 Å². The molecule has 15 heavy (non-hydrogen) atoms. The van der Waals surface area contributed by atoms with Gasteiger partial charge in [0.2, 0.25) is 0 Å². The van der Waals surface area contributed by atoms with Crippen molar-refractivity contribution in [3.8, 4) is 0 Å². The van der Waals surface area contributed by atoms with Crippen molar-refractivity contribution in [2.24, 2.45) is 0 Å². The molecule has 0 rings (SSSR count). The van der Waals surface area contributed by atoms with E-state index in [1.54, 1.807) is 0 Å². The van der Waals surface area contributed by atoms with E-state index in [-0.39, 0.29) is 10.2 Å². The summed E-state index contributed by atoms with van der Waals surface area (Å²) in [6.45, 7) is 2.83. The molecule has 1 atom stereocenters. The lowest BCUT2D eigenvalue weighted by Gasteiger charge is -2.08. The topological polar surface area (TPSA) is 71.4 Å². The predicted molar refractivity (Wildman–Crippen MR) is 62.1 cm³/mol. The van der Waals surface area contributed by atoms with Crippen LogP contribution in [0, 0.1) is 0 Å². The van der Waals surface area contributed by atoms with Crippen molar-refractivity contribution in [3.63, 3.8) is 0 Å². The molecule has 0 bridgehead atoms. The van der Waals surface area contributed by atoms with Gasteiger partial charge in [-0.15, -0.1) is 0 Å². The first-order valence-electron chi connectivity index (χ1n) is 4.47. The molecule has 0 heterocycles. The Morgan fingerprint density at radius 3 is 2.20 bits per heavy atom. The van der Waals surface area contributed by atoms with Gasteiger partial charge in [0.15, 0.2) is 10.2 Å². The molecule has 0 spiro atoms. The van der Waals surface area contributed by atoms with Crippen LogP contribution in [0.2, 0.25) is 0 Å². The van der Waals surface area contributed by atoms with Gasteiger partial charge in [0, 0.05) is 19.6 Å². The number of hydrogen-bond donors (Lipinski definition) is 1. The van der Waals surface area contributed by atoms with Crippen LogP contribution in [0.3, 0.4) is 0 Å². The third kappa shape index (κ3) is 8.50. The molecule has 0 amide bonds. The van der Waals surface area contributed by atoms with Crippen molar-refractivity contribution >= 4 is 39.7 Å². The molecule has 0 saturated heterocycles. The fraction of sp³-hybridized carbons (Fsp3) is 0.667. The van der Waals surface area contributed by atoms with Gasteiger partial charge in [0.1, 0.15) is 5.25 Å². The first-order chi connectivity index (χ1) is 6.93. The van der Waals surface area contributed by atoms with Gasteiger partial charge < -0.3 is 5.11 Å². The highest BCUT2D eigenvalue weighted by atomic mass is 32.2. The fourth-order valence-corrected chi connectivity index (χ4v) is 2.30. The molecule has 1 N–H and O–H groups in total. The van der Waals surface area contributed by atoms with E-state index in [1.807, 2.05) is 0 Å². The third-order valence-corrected chi connectivity index (χ3v) is 3.45. The van der Waals surface area contributed by atoms with Gasteiger partial charge >= 0.3 is 5.97 Å². The second-order valence-corrected chi connectivity index (χ2v) is 5.57. The molecule has 0 aromatic heterocycles.